The number of nitriles is 1. The first kappa shape index (κ1) is 19.9. The smallest absolute Gasteiger partial charge is 0.242 e. The van der Waals surface area contributed by atoms with Crippen LogP contribution in [0.15, 0.2) is 47.4 Å². The van der Waals surface area contributed by atoms with Crippen LogP contribution in [0.1, 0.15) is 24.7 Å². The Hall–Kier alpha value is -2.89. The van der Waals surface area contributed by atoms with E-state index in [0.29, 0.717) is 17.6 Å². The summed E-state index contributed by atoms with van der Waals surface area (Å²) in [5.74, 6) is 0.834. The molecule has 1 heterocycles. The third-order valence-corrected chi connectivity index (χ3v) is 6.30. The van der Waals surface area contributed by atoms with E-state index < -0.39 is 10.0 Å². The van der Waals surface area contributed by atoms with Gasteiger partial charge in [-0.2, -0.15) is 5.26 Å². The van der Waals surface area contributed by atoms with Crippen molar-refractivity contribution >= 4 is 26.7 Å². The van der Waals surface area contributed by atoms with Gasteiger partial charge >= 0.3 is 0 Å². The van der Waals surface area contributed by atoms with E-state index in [2.05, 4.69) is 27.9 Å². The molecule has 0 fully saturated rings. The molecule has 1 aromatic heterocycles. The minimum atomic E-state index is -3.50. The number of rotatable bonds is 7. The molecule has 0 aliphatic heterocycles. The number of fused-ring (bicyclic) bond motifs is 1. The summed E-state index contributed by atoms with van der Waals surface area (Å²) in [5.41, 5.74) is 3.08. The van der Waals surface area contributed by atoms with Gasteiger partial charge in [0.25, 0.3) is 0 Å². The van der Waals surface area contributed by atoms with E-state index in [1.54, 1.807) is 24.3 Å². The maximum Gasteiger partial charge on any atom is 0.242 e. The highest BCUT2D eigenvalue weighted by Crippen LogP contribution is 2.23. The molecule has 28 heavy (non-hydrogen) atoms. The van der Waals surface area contributed by atoms with Crippen molar-refractivity contribution in [3.05, 3.63) is 53.9 Å². The topological polar surface area (TPSA) is 91.0 Å². The van der Waals surface area contributed by atoms with Crippen LogP contribution in [-0.2, 0) is 23.1 Å². The lowest BCUT2D eigenvalue weighted by Gasteiger charge is -2.11. The Morgan fingerprint density at radius 3 is 2.50 bits per heavy atom. The fraction of sp³-hybridized carbons (Fsp3) is 0.300. The quantitative estimate of drug-likeness (QED) is 0.661. The molecule has 3 rings (SSSR count). The number of aromatic nitrogens is 2. The molecular weight excluding hydrogens is 374 g/mol. The minimum absolute atomic E-state index is 0.234. The number of nitrogens with zero attached hydrogens (tertiary/aromatic N) is 4. The van der Waals surface area contributed by atoms with E-state index in [1.165, 1.54) is 18.4 Å². The fourth-order valence-electron chi connectivity index (χ4n) is 2.98. The van der Waals surface area contributed by atoms with Crippen molar-refractivity contribution < 1.29 is 8.42 Å². The van der Waals surface area contributed by atoms with Crippen LogP contribution in [0.4, 0.5) is 5.69 Å². The molecule has 1 N–H and O–H groups in total. The van der Waals surface area contributed by atoms with Crippen LogP contribution in [0, 0.1) is 11.3 Å². The maximum absolute atomic E-state index is 12.4. The highest BCUT2D eigenvalue weighted by molar-refractivity contribution is 7.89. The van der Waals surface area contributed by atoms with Crippen molar-refractivity contribution in [3.8, 4) is 6.07 Å². The molecular formula is C20H23N5O2S. The predicted molar refractivity (Wildman–Crippen MR) is 109 cm³/mol. The van der Waals surface area contributed by atoms with Crippen molar-refractivity contribution in [2.45, 2.75) is 31.3 Å². The zero-order valence-electron chi connectivity index (χ0n) is 16.2. The molecule has 3 aromatic rings. The number of benzene rings is 2. The van der Waals surface area contributed by atoms with Gasteiger partial charge in [-0.3, -0.25) is 0 Å². The van der Waals surface area contributed by atoms with Gasteiger partial charge in [0.15, 0.2) is 0 Å². The van der Waals surface area contributed by atoms with Gasteiger partial charge < -0.3 is 9.88 Å². The second kappa shape index (κ2) is 8.00. The Balaban J connectivity index is 1.94. The molecule has 0 saturated carbocycles. The first-order chi connectivity index (χ1) is 13.4. The minimum Gasteiger partial charge on any atom is -0.378 e. The van der Waals surface area contributed by atoms with Gasteiger partial charge in [-0.05, 0) is 48.9 Å². The Bertz CT molecular complexity index is 1130. The average molecular weight is 398 g/mol. The standard InChI is InChI=1S/C20H23N5O2S/c1-4-11-25-19-10-9-17(28(26,27)24(2)3)12-18(19)23-20(25)14-22-16-7-5-15(13-21)6-8-16/h5-10,12,22H,4,11,14H2,1-3H3. The summed E-state index contributed by atoms with van der Waals surface area (Å²) in [6.07, 6.45) is 0.938. The molecule has 7 nitrogen and oxygen atoms in total. The van der Waals surface area contributed by atoms with Crippen LogP contribution < -0.4 is 5.32 Å². The van der Waals surface area contributed by atoms with E-state index in [0.717, 1.165) is 30.0 Å². The Morgan fingerprint density at radius 1 is 1.18 bits per heavy atom. The van der Waals surface area contributed by atoms with Crippen LogP contribution in [0.25, 0.3) is 11.0 Å². The molecule has 0 aliphatic rings. The first-order valence-corrected chi connectivity index (χ1v) is 10.5. The van der Waals surface area contributed by atoms with Crippen molar-refractivity contribution in [2.24, 2.45) is 0 Å². The summed E-state index contributed by atoms with van der Waals surface area (Å²) in [6, 6.07) is 14.4. The van der Waals surface area contributed by atoms with Crippen molar-refractivity contribution in [1.82, 2.24) is 13.9 Å². The number of sulfonamides is 1. The molecule has 8 heteroatoms. The maximum atomic E-state index is 12.4. The zero-order valence-corrected chi connectivity index (χ0v) is 17.0. The van der Waals surface area contributed by atoms with E-state index in [-0.39, 0.29) is 4.90 Å². The number of hydrogen-bond donors (Lipinski definition) is 1. The summed E-state index contributed by atoms with van der Waals surface area (Å²) in [5, 5.41) is 12.2. The van der Waals surface area contributed by atoms with Gasteiger partial charge in [0, 0.05) is 26.3 Å². The third-order valence-electron chi connectivity index (χ3n) is 4.49. The number of anilines is 1. The Morgan fingerprint density at radius 2 is 1.89 bits per heavy atom. The lowest BCUT2D eigenvalue weighted by molar-refractivity contribution is 0.521. The highest BCUT2D eigenvalue weighted by Gasteiger charge is 2.19. The zero-order chi connectivity index (χ0) is 20.3. The predicted octanol–water partition coefficient (Wildman–Crippen LogP) is 3.18. The van der Waals surface area contributed by atoms with Crippen LogP contribution in [0.2, 0.25) is 0 Å². The summed E-state index contributed by atoms with van der Waals surface area (Å²) < 4.78 is 28.1. The van der Waals surface area contributed by atoms with E-state index in [4.69, 9.17) is 5.26 Å². The molecule has 0 saturated heterocycles. The second-order valence-electron chi connectivity index (χ2n) is 6.66. The molecule has 0 atom stereocenters. The summed E-state index contributed by atoms with van der Waals surface area (Å²) in [6.45, 7) is 3.38. The van der Waals surface area contributed by atoms with Crippen LogP contribution in [-0.4, -0.2) is 36.4 Å². The molecule has 0 spiro atoms. The highest BCUT2D eigenvalue weighted by atomic mass is 32.2. The van der Waals surface area contributed by atoms with Crippen molar-refractivity contribution in [3.63, 3.8) is 0 Å². The normalized spacial score (nSPS) is 11.7. The molecule has 146 valence electrons. The van der Waals surface area contributed by atoms with E-state index >= 15 is 0 Å². The number of imidazole rings is 1. The molecule has 2 aromatic carbocycles. The third kappa shape index (κ3) is 3.86. The molecule has 0 unspecified atom stereocenters. The SMILES string of the molecule is CCCn1c(CNc2ccc(C#N)cc2)nc2cc(S(=O)(=O)N(C)C)ccc21. The molecule has 0 aliphatic carbocycles. The fourth-order valence-corrected chi connectivity index (χ4v) is 3.90. The Kier molecular flexibility index (Phi) is 5.68. The summed E-state index contributed by atoms with van der Waals surface area (Å²) >= 11 is 0. The monoisotopic (exact) mass is 397 g/mol. The average Bonchev–Trinajstić information content (AvgIpc) is 3.03. The molecule has 0 bridgehead atoms. The van der Waals surface area contributed by atoms with E-state index in [1.807, 2.05) is 18.2 Å². The van der Waals surface area contributed by atoms with Crippen LogP contribution in [0.3, 0.4) is 0 Å². The van der Waals surface area contributed by atoms with Gasteiger partial charge in [0.2, 0.25) is 10.0 Å². The summed E-state index contributed by atoms with van der Waals surface area (Å²) in [7, 11) is -0.472. The molecule has 0 amide bonds. The number of aryl methyl sites for hydroxylation is 1. The van der Waals surface area contributed by atoms with Gasteiger partial charge in [0.1, 0.15) is 5.82 Å². The van der Waals surface area contributed by atoms with Gasteiger partial charge in [-0.1, -0.05) is 6.92 Å². The van der Waals surface area contributed by atoms with Crippen molar-refractivity contribution in [1.29, 1.82) is 5.26 Å². The van der Waals surface area contributed by atoms with Crippen LogP contribution in [0.5, 0.6) is 0 Å². The van der Waals surface area contributed by atoms with Gasteiger partial charge in [0.05, 0.1) is 34.1 Å². The lowest BCUT2D eigenvalue weighted by Crippen LogP contribution is -2.22. The Labute approximate surface area is 165 Å². The summed E-state index contributed by atoms with van der Waals surface area (Å²) in [4.78, 5) is 4.91. The van der Waals surface area contributed by atoms with E-state index in [9.17, 15) is 8.42 Å². The number of hydrogen-bond acceptors (Lipinski definition) is 5. The van der Waals surface area contributed by atoms with Crippen LogP contribution >= 0.6 is 0 Å². The van der Waals surface area contributed by atoms with Gasteiger partial charge in [-0.15, -0.1) is 0 Å². The first-order valence-electron chi connectivity index (χ1n) is 9.02. The van der Waals surface area contributed by atoms with Crippen molar-refractivity contribution in [2.75, 3.05) is 19.4 Å². The largest absolute Gasteiger partial charge is 0.378 e. The second-order valence-corrected chi connectivity index (χ2v) is 8.81. The number of nitrogens with one attached hydrogen (secondary N) is 1. The van der Waals surface area contributed by atoms with Gasteiger partial charge in [-0.25, -0.2) is 17.7 Å². The molecule has 0 radical (unpaired) electrons. The lowest BCUT2D eigenvalue weighted by atomic mass is 10.2.